The summed E-state index contributed by atoms with van der Waals surface area (Å²) in [6.07, 6.45) is 0. The van der Waals surface area contributed by atoms with Crippen LogP contribution in [0.25, 0.3) is 0 Å². The summed E-state index contributed by atoms with van der Waals surface area (Å²) in [4.78, 5) is 8.41. The van der Waals surface area contributed by atoms with E-state index in [2.05, 4.69) is 23.0 Å². The number of nitriles is 1. The monoisotopic (exact) mass is 316 g/mol. The molecular formula is C16H17FN4O2. The van der Waals surface area contributed by atoms with Crippen LogP contribution in [0.3, 0.4) is 0 Å². The van der Waals surface area contributed by atoms with E-state index in [9.17, 15) is 9.65 Å². The lowest BCUT2D eigenvalue weighted by Gasteiger charge is -2.31. The molecule has 2 heterocycles. The van der Waals surface area contributed by atoms with Gasteiger partial charge in [-0.2, -0.15) is 10.2 Å². The van der Waals surface area contributed by atoms with E-state index in [1.807, 2.05) is 4.90 Å². The molecule has 1 aliphatic heterocycles. The third kappa shape index (κ3) is 3.60. The zero-order chi connectivity index (χ0) is 16.2. The minimum atomic E-state index is -0.322. The zero-order valence-electron chi connectivity index (χ0n) is 12.8. The number of oxazole rings is 1. The van der Waals surface area contributed by atoms with Crippen LogP contribution in [0.2, 0.25) is 0 Å². The minimum absolute atomic E-state index is 0.0913. The van der Waals surface area contributed by atoms with Gasteiger partial charge in [0.2, 0.25) is 17.5 Å². The summed E-state index contributed by atoms with van der Waals surface area (Å²) in [5, 5.41) is 9.24. The molecule has 0 saturated carbocycles. The summed E-state index contributed by atoms with van der Waals surface area (Å²) in [6, 6.07) is 7.77. The molecular weight excluding hydrogens is 299 g/mol. The van der Waals surface area contributed by atoms with E-state index in [-0.39, 0.29) is 18.1 Å². The normalized spacial score (nSPS) is 15.4. The van der Waals surface area contributed by atoms with Gasteiger partial charge >= 0.3 is 0 Å². The lowest BCUT2D eigenvalue weighted by Crippen LogP contribution is -2.44. The molecule has 0 aliphatic carbocycles. The molecule has 0 radical (unpaired) electrons. The number of ether oxygens (including phenoxy) is 1. The van der Waals surface area contributed by atoms with Crippen molar-refractivity contribution in [2.24, 2.45) is 0 Å². The molecule has 0 N–H and O–H groups in total. The predicted molar refractivity (Wildman–Crippen MR) is 81.7 cm³/mol. The number of hydrogen-bond acceptors (Lipinski definition) is 6. The average molecular weight is 316 g/mol. The minimum Gasteiger partial charge on any atom is -0.484 e. The maximum Gasteiger partial charge on any atom is 0.236 e. The molecule has 1 saturated heterocycles. The Balaban J connectivity index is 1.69. The SMILES string of the molecule is CN1CCN(c2oc(COc3ccc(F)cc3)nc2C#N)CC1. The van der Waals surface area contributed by atoms with Gasteiger partial charge in [0.25, 0.3) is 0 Å². The van der Waals surface area contributed by atoms with E-state index in [0.29, 0.717) is 17.5 Å². The highest BCUT2D eigenvalue weighted by atomic mass is 19.1. The summed E-state index contributed by atoms with van der Waals surface area (Å²) < 4.78 is 24.1. The smallest absolute Gasteiger partial charge is 0.236 e. The van der Waals surface area contributed by atoms with Gasteiger partial charge in [-0.1, -0.05) is 0 Å². The number of likely N-dealkylation sites (N-methyl/N-ethyl adjacent to an activating group) is 1. The second-order valence-electron chi connectivity index (χ2n) is 5.41. The second-order valence-corrected chi connectivity index (χ2v) is 5.41. The summed E-state index contributed by atoms with van der Waals surface area (Å²) in [5.41, 5.74) is 0.271. The van der Waals surface area contributed by atoms with Crippen molar-refractivity contribution < 1.29 is 13.5 Å². The number of nitrogens with zero attached hydrogens (tertiary/aromatic N) is 4. The Kier molecular flexibility index (Phi) is 4.44. The Bertz CT molecular complexity index is 700. The van der Waals surface area contributed by atoms with E-state index in [0.717, 1.165) is 26.2 Å². The quantitative estimate of drug-likeness (QED) is 0.860. The first-order valence-corrected chi connectivity index (χ1v) is 7.37. The second kappa shape index (κ2) is 6.67. The van der Waals surface area contributed by atoms with E-state index >= 15 is 0 Å². The van der Waals surface area contributed by atoms with Crippen molar-refractivity contribution >= 4 is 5.88 Å². The molecule has 23 heavy (non-hydrogen) atoms. The number of anilines is 1. The first-order valence-electron chi connectivity index (χ1n) is 7.37. The Morgan fingerprint density at radius 3 is 2.61 bits per heavy atom. The third-order valence-corrected chi connectivity index (χ3v) is 3.73. The summed E-state index contributed by atoms with van der Waals surface area (Å²) in [7, 11) is 2.06. The maximum absolute atomic E-state index is 12.9. The average Bonchev–Trinajstić information content (AvgIpc) is 2.98. The van der Waals surface area contributed by atoms with Crippen LogP contribution in [0, 0.1) is 17.1 Å². The van der Waals surface area contributed by atoms with Crippen molar-refractivity contribution in [1.29, 1.82) is 5.26 Å². The van der Waals surface area contributed by atoms with Crippen LogP contribution < -0.4 is 9.64 Å². The summed E-state index contributed by atoms with van der Waals surface area (Å²) >= 11 is 0. The van der Waals surface area contributed by atoms with E-state index < -0.39 is 0 Å². The van der Waals surface area contributed by atoms with Crippen LogP contribution in [0.4, 0.5) is 10.3 Å². The number of rotatable bonds is 4. The first kappa shape index (κ1) is 15.3. The molecule has 1 aromatic carbocycles. The van der Waals surface area contributed by atoms with Gasteiger partial charge in [-0.25, -0.2) is 4.39 Å². The highest BCUT2D eigenvalue weighted by Crippen LogP contribution is 2.23. The Morgan fingerprint density at radius 1 is 1.26 bits per heavy atom. The molecule has 7 heteroatoms. The van der Waals surface area contributed by atoms with Crippen molar-refractivity contribution in [2.75, 3.05) is 38.1 Å². The lowest BCUT2D eigenvalue weighted by molar-refractivity contribution is 0.260. The predicted octanol–water partition coefficient (Wildman–Crippen LogP) is 2.02. The molecule has 6 nitrogen and oxygen atoms in total. The van der Waals surface area contributed by atoms with Crippen molar-refractivity contribution in [3.63, 3.8) is 0 Å². The fourth-order valence-corrected chi connectivity index (χ4v) is 2.39. The standard InChI is InChI=1S/C16H17FN4O2/c1-20-6-8-21(9-7-20)16-14(10-18)19-15(23-16)11-22-13-4-2-12(17)3-5-13/h2-5H,6-9,11H2,1H3. The topological polar surface area (TPSA) is 65.5 Å². The van der Waals surface area contributed by atoms with Gasteiger partial charge in [0.15, 0.2) is 6.61 Å². The van der Waals surface area contributed by atoms with Crippen LogP contribution in [-0.2, 0) is 6.61 Å². The molecule has 1 aromatic heterocycles. The van der Waals surface area contributed by atoms with Crippen molar-refractivity contribution in [1.82, 2.24) is 9.88 Å². The third-order valence-electron chi connectivity index (χ3n) is 3.73. The van der Waals surface area contributed by atoms with E-state index in [1.165, 1.54) is 24.3 Å². The van der Waals surface area contributed by atoms with E-state index in [4.69, 9.17) is 9.15 Å². The first-order chi connectivity index (χ1) is 11.2. The Morgan fingerprint density at radius 2 is 1.96 bits per heavy atom. The van der Waals surface area contributed by atoms with E-state index in [1.54, 1.807) is 0 Å². The summed E-state index contributed by atoms with van der Waals surface area (Å²) in [6.45, 7) is 3.49. The van der Waals surface area contributed by atoms with Crippen molar-refractivity contribution in [3.05, 3.63) is 41.7 Å². The largest absolute Gasteiger partial charge is 0.484 e. The van der Waals surface area contributed by atoms with Gasteiger partial charge < -0.3 is 19.0 Å². The van der Waals surface area contributed by atoms with Crippen LogP contribution in [0.15, 0.2) is 28.7 Å². The Labute approximate surface area is 133 Å². The molecule has 1 aliphatic rings. The number of piperazine rings is 1. The van der Waals surface area contributed by atoms with Gasteiger partial charge in [-0.15, -0.1) is 0 Å². The highest BCUT2D eigenvalue weighted by molar-refractivity contribution is 5.48. The lowest BCUT2D eigenvalue weighted by atomic mass is 10.3. The molecule has 0 spiro atoms. The van der Waals surface area contributed by atoms with Crippen LogP contribution >= 0.6 is 0 Å². The fourth-order valence-electron chi connectivity index (χ4n) is 2.39. The zero-order valence-corrected chi connectivity index (χ0v) is 12.8. The van der Waals surface area contributed by atoms with Gasteiger partial charge in [0.1, 0.15) is 17.6 Å². The molecule has 3 rings (SSSR count). The van der Waals surface area contributed by atoms with Crippen LogP contribution in [0.1, 0.15) is 11.6 Å². The van der Waals surface area contributed by atoms with Gasteiger partial charge in [0, 0.05) is 26.2 Å². The van der Waals surface area contributed by atoms with Crippen LogP contribution in [-0.4, -0.2) is 43.1 Å². The van der Waals surface area contributed by atoms with Gasteiger partial charge in [-0.05, 0) is 31.3 Å². The fraction of sp³-hybridized carbons (Fsp3) is 0.375. The van der Waals surface area contributed by atoms with Gasteiger partial charge in [0.05, 0.1) is 0 Å². The van der Waals surface area contributed by atoms with Gasteiger partial charge in [-0.3, -0.25) is 0 Å². The number of halogens is 1. The molecule has 0 atom stereocenters. The maximum atomic E-state index is 12.9. The Hall–Kier alpha value is -2.59. The molecule has 2 aromatic rings. The molecule has 120 valence electrons. The van der Waals surface area contributed by atoms with Crippen LogP contribution in [0.5, 0.6) is 5.75 Å². The highest BCUT2D eigenvalue weighted by Gasteiger charge is 2.23. The number of aromatic nitrogens is 1. The molecule has 1 fully saturated rings. The molecule has 0 bridgehead atoms. The van der Waals surface area contributed by atoms with Crippen molar-refractivity contribution in [3.8, 4) is 11.8 Å². The number of hydrogen-bond donors (Lipinski definition) is 0. The molecule has 0 amide bonds. The molecule has 0 unspecified atom stereocenters. The van der Waals surface area contributed by atoms with Crippen molar-refractivity contribution in [2.45, 2.75) is 6.61 Å². The summed E-state index contributed by atoms with van der Waals surface area (Å²) in [5.74, 6) is 1.03. The number of benzene rings is 1.